The molecule has 2 heterocycles. The Morgan fingerprint density at radius 1 is 0.938 bits per heavy atom. The number of amides is 3. The van der Waals surface area contributed by atoms with Crippen LogP contribution in [0.1, 0.15) is 24.0 Å². The highest BCUT2D eigenvalue weighted by molar-refractivity contribution is 6.30. The number of nitrogens with zero attached hydrogens (tertiary/aromatic N) is 3. The Labute approximate surface area is 194 Å². The first-order chi connectivity index (χ1) is 15.5. The van der Waals surface area contributed by atoms with Gasteiger partial charge in [-0.05, 0) is 55.1 Å². The molecule has 2 fully saturated rings. The first-order valence-corrected chi connectivity index (χ1v) is 11.9. The maximum absolute atomic E-state index is 13.2. The van der Waals surface area contributed by atoms with Crippen LogP contribution in [0.4, 0.5) is 10.5 Å². The molecule has 2 aromatic carbocycles. The molecule has 0 aromatic heterocycles. The molecule has 32 heavy (non-hydrogen) atoms. The molecule has 1 N–H and O–H groups in total. The summed E-state index contributed by atoms with van der Waals surface area (Å²) in [5, 5.41) is 3.80. The van der Waals surface area contributed by atoms with E-state index >= 15 is 0 Å². The fourth-order valence-corrected chi connectivity index (χ4v) is 5.44. The van der Waals surface area contributed by atoms with Crippen LogP contribution in [0.15, 0.2) is 48.5 Å². The van der Waals surface area contributed by atoms with E-state index in [2.05, 4.69) is 33.3 Å². The summed E-state index contributed by atoms with van der Waals surface area (Å²) < 4.78 is 0. The van der Waals surface area contributed by atoms with Gasteiger partial charge in [0.1, 0.15) is 5.54 Å². The van der Waals surface area contributed by atoms with E-state index in [1.54, 1.807) is 0 Å². The maximum Gasteiger partial charge on any atom is 0.325 e. The van der Waals surface area contributed by atoms with Gasteiger partial charge < -0.3 is 10.2 Å². The van der Waals surface area contributed by atoms with E-state index < -0.39 is 5.54 Å². The third-order valence-corrected chi connectivity index (χ3v) is 7.31. The molecule has 1 atom stereocenters. The zero-order valence-electron chi connectivity index (χ0n) is 18.2. The smallest absolute Gasteiger partial charge is 0.325 e. The van der Waals surface area contributed by atoms with Crippen molar-refractivity contribution in [3.8, 4) is 0 Å². The number of nitrogens with one attached hydrogen (secondary N) is 1. The van der Waals surface area contributed by atoms with Crippen molar-refractivity contribution in [1.82, 2.24) is 15.1 Å². The normalized spacial score (nSPS) is 23.5. The second-order valence-corrected chi connectivity index (χ2v) is 9.51. The minimum Gasteiger partial charge on any atom is -0.369 e. The zero-order valence-corrected chi connectivity index (χ0v) is 19.0. The summed E-state index contributed by atoms with van der Waals surface area (Å²) >= 11 is 6.12. The molecular formula is C25H29ClN4O2. The highest BCUT2D eigenvalue weighted by atomic mass is 35.5. The third-order valence-electron chi connectivity index (χ3n) is 7.08. The van der Waals surface area contributed by atoms with Crippen LogP contribution in [0, 0.1) is 0 Å². The van der Waals surface area contributed by atoms with Gasteiger partial charge in [0.05, 0.1) is 0 Å². The van der Waals surface area contributed by atoms with Gasteiger partial charge in [-0.15, -0.1) is 0 Å². The largest absolute Gasteiger partial charge is 0.369 e. The van der Waals surface area contributed by atoms with Crippen molar-refractivity contribution in [2.45, 2.75) is 31.2 Å². The average Bonchev–Trinajstić information content (AvgIpc) is 3.03. The number of carbonyl (C=O) groups is 2. The van der Waals surface area contributed by atoms with Gasteiger partial charge in [0.15, 0.2) is 0 Å². The highest BCUT2D eigenvalue weighted by Gasteiger charge is 2.51. The van der Waals surface area contributed by atoms with Crippen LogP contribution in [0.3, 0.4) is 0 Å². The van der Waals surface area contributed by atoms with E-state index in [1.807, 2.05) is 30.3 Å². The number of benzene rings is 2. The van der Waals surface area contributed by atoms with Crippen LogP contribution in [-0.2, 0) is 17.6 Å². The van der Waals surface area contributed by atoms with Crippen LogP contribution in [0.5, 0.6) is 0 Å². The molecule has 2 saturated heterocycles. The van der Waals surface area contributed by atoms with E-state index in [1.165, 1.54) is 16.0 Å². The van der Waals surface area contributed by atoms with Crippen molar-refractivity contribution in [3.63, 3.8) is 0 Å². The molecule has 0 radical (unpaired) electrons. The lowest BCUT2D eigenvalue weighted by molar-refractivity contribution is -0.131. The van der Waals surface area contributed by atoms with Crippen molar-refractivity contribution in [1.29, 1.82) is 0 Å². The summed E-state index contributed by atoms with van der Waals surface area (Å²) in [5.74, 6) is -0.0530. The molecule has 0 bridgehead atoms. The van der Waals surface area contributed by atoms with Gasteiger partial charge in [0.25, 0.3) is 5.91 Å². The van der Waals surface area contributed by atoms with Crippen molar-refractivity contribution in [2.24, 2.45) is 0 Å². The molecule has 0 saturated carbocycles. The van der Waals surface area contributed by atoms with Crippen LogP contribution in [0.2, 0.25) is 5.02 Å². The molecule has 168 valence electrons. The van der Waals surface area contributed by atoms with Gasteiger partial charge in [0.2, 0.25) is 0 Å². The number of carbonyl (C=O) groups excluding carboxylic acids is 2. The van der Waals surface area contributed by atoms with Gasteiger partial charge in [0, 0.05) is 49.9 Å². The Bertz CT molecular complexity index is 1020. The third kappa shape index (κ3) is 4.09. The van der Waals surface area contributed by atoms with Crippen LogP contribution >= 0.6 is 11.6 Å². The summed E-state index contributed by atoms with van der Waals surface area (Å²) in [4.78, 5) is 32.1. The lowest BCUT2D eigenvalue weighted by Crippen LogP contribution is -2.51. The molecule has 6 nitrogen and oxygen atoms in total. The van der Waals surface area contributed by atoms with E-state index in [0.29, 0.717) is 19.4 Å². The predicted molar refractivity (Wildman–Crippen MR) is 126 cm³/mol. The molecule has 1 unspecified atom stereocenters. The number of rotatable bonds is 5. The second kappa shape index (κ2) is 8.75. The van der Waals surface area contributed by atoms with E-state index in [9.17, 15) is 9.59 Å². The molecule has 3 aliphatic rings. The number of urea groups is 1. The number of halogens is 1. The van der Waals surface area contributed by atoms with Gasteiger partial charge in [-0.2, -0.15) is 0 Å². The van der Waals surface area contributed by atoms with Gasteiger partial charge in [-0.1, -0.05) is 41.9 Å². The molecule has 1 aliphatic carbocycles. The molecule has 2 aromatic rings. The number of hydrogen-bond donors (Lipinski definition) is 1. The quantitative estimate of drug-likeness (QED) is 0.707. The van der Waals surface area contributed by atoms with E-state index in [4.69, 9.17) is 11.6 Å². The van der Waals surface area contributed by atoms with Crippen LogP contribution in [-0.4, -0.2) is 66.5 Å². The van der Waals surface area contributed by atoms with E-state index in [0.717, 1.165) is 56.3 Å². The van der Waals surface area contributed by atoms with Crippen molar-refractivity contribution >= 4 is 29.2 Å². The number of imide groups is 1. The van der Waals surface area contributed by atoms with Crippen LogP contribution in [0.25, 0.3) is 0 Å². The first kappa shape index (κ1) is 21.3. The van der Waals surface area contributed by atoms with Gasteiger partial charge >= 0.3 is 6.03 Å². The average molecular weight is 453 g/mol. The van der Waals surface area contributed by atoms with Crippen LogP contribution < -0.4 is 10.2 Å². The molecule has 1 spiro atoms. The van der Waals surface area contributed by atoms with Gasteiger partial charge in [-0.3, -0.25) is 14.6 Å². The molecule has 7 heteroatoms. The first-order valence-electron chi connectivity index (χ1n) is 11.5. The zero-order chi connectivity index (χ0) is 22.1. The molecule has 3 amide bonds. The standard InChI is InChI=1S/C25H29ClN4O2/c26-21-7-3-8-22(17-21)29-15-13-28(14-16-29)11-4-12-30-23(31)25(27-24(30)32)10-9-19-5-1-2-6-20(19)18-25/h1-3,5-8,17H,4,9-16,18H2,(H,27,32). The summed E-state index contributed by atoms with van der Waals surface area (Å²) in [6.07, 6.45) is 2.89. The van der Waals surface area contributed by atoms with Gasteiger partial charge in [-0.25, -0.2) is 4.79 Å². The monoisotopic (exact) mass is 452 g/mol. The minimum absolute atomic E-state index is 0.0530. The summed E-state index contributed by atoms with van der Waals surface area (Å²) in [7, 11) is 0. The Hall–Kier alpha value is -2.57. The Balaban J connectivity index is 1.12. The fraction of sp³-hybridized carbons (Fsp3) is 0.440. The number of aryl methyl sites for hydroxylation is 1. The SMILES string of the molecule is O=C1NC2(CCc3ccccc3C2)C(=O)N1CCCN1CCN(c2cccc(Cl)c2)CC1. The Morgan fingerprint density at radius 2 is 1.72 bits per heavy atom. The second-order valence-electron chi connectivity index (χ2n) is 9.08. The minimum atomic E-state index is -0.756. The number of piperazine rings is 1. The number of fused-ring (bicyclic) bond motifs is 1. The molecule has 5 rings (SSSR count). The predicted octanol–water partition coefficient (Wildman–Crippen LogP) is 3.33. The number of anilines is 1. The molecular weight excluding hydrogens is 424 g/mol. The highest BCUT2D eigenvalue weighted by Crippen LogP contribution is 2.33. The summed E-state index contributed by atoms with van der Waals surface area (Å²) in [6.45, 7) is 5.19. The van der Waals surface area contributed by atoms with Crippen molar-refractivity contribution < 1.29 is 9.59 Å². The Kier molecular flexibility index (Phi) is 5.82. The van der Waals surface area contributed by atoms with E-state index in [-0.39, 0.29) is 11.9 Å². The Morgan fingerprint density at radius 3 is 2.50 bits per heavy atom. The fourth-order valence-electron chi connectivity index (χ4n) is 5.26. The molecule has 2 aliphatic heterocycles. The lowest BCUT2D eigenvalue weighted by atomic mass is 9.78. The number of hydrogen-bond acceptors (Lipinski definition) is 4. The maximum atomic E-state index is 13.2. The van der Waals surface area contributed by atoms with Crippen molar-refractivity contribution in [3.05, 3.63) is 64.7 Å². The lowest BCUT2D eigenvalue weighted by Gasteiger charge is -2.36. The summed E-state index contributed by atoms with van der Waals surface area (Å²) in [6, 6.07) is 16.0. The summed E-state index contributed by atoms with van der Waals surface area (Å²) in [5.41, 5.74) is 2.87. The van der Waals surface area contributed by atoms with Crippen molar-refractivity contribution in [2.75, 3.05) is 44.2 Å². The topological polar surface area (TPSA) is 55.9 Å².